The van der Waals surface area contributed by atoms with Crippen molar-refractivity contribution in [3.8, 4) is 0 Å². The number of nitrogens with one attached hydrogen (secondary N) is 2. The molecular formula is C13H22N2O4S. The van der Waals surface area contributed by atoms with Crippen LogP contribution in [0.15, 0.2) is 29.2 Å². The standard InChI is InChI=1S/C13H22N2O4S/c1-14-11-12-5-3-4-6-13(12)20(16,17)15-7-8-19-10-9-18-2/h3-6,14-15H,7-11H2,1-2H3. The van der Waals surface area contributed by atoms with E-state index in [1.807, 2.05) is 6.07 Å². The molecular weight excluding hydrogens is 280 g/mol. The van der Waals surface area contributed by atoms with E-state index in [-0.39, 0.29) is 6.54 Å². The molecule has 0 aliphatic heterocycles. The zero-order chi connectivity index (χ0) is 14.8. The van der Waals surface area contributed by atoms with Crippen LogP contribution >= 0.6 is 0 Å². The molecule has 7 heteroatoms. The lowest BCUT2D eigenvalue weighted by atomic mass is 10.2. The Morgan fingerprint density at radius 2 is 1.90 bits per heavy atom. The SMILES string of the molecule is CNCc1ccccc1S(=O)(=O)NCCOCCOC. The average molecular weight is 302 g/mol. The third kappa shape index (κ3) is 5.56. The largest absolute Gasteiger partial charge is 0.382 e. The van der Waals surface area contributed by atoms with E-state index in [2.05, 4.69) is 10.0 Å². The molecule has 0 saturated heterocycles. The van der Waals surface area contributed by atoms with Gasteiger partial charge in [-0.05, 0) is 18.7 Å². The van der Waals surface area contributed by atoms with Gasteiger partial charge in [-0.1, -0.05) is 18.2 Å². The van der Waals surface area contributed by atoms with Crippen LogP contribution in [-0.4, -0.2) is 48.9 Å². The summed E-state index contributed by atoms with van der Waals surface area (Å²) in [6.07, 6.45) is 0. The van der Waals surface area contributed by atoms with Crippen LogP contribution in [0, 0.1) is 0 Å². The highest BCUT2D eigenvalue weighted by Gasteiger charge is 2.16. The molecule has 0 radical (unpaired) electrons. The van der Waals surface area contributed by atoms with Gasteiger partial charge in [0.05, 0.1) is 24.7 Å². The van der Waals surface area contributed by atoms with Crippen LogP contribution in [0.5, 0.6) is 0 Å². The molecule has 0 spiro atoms. The fourth-order valence-corrected chi connectivity index (χ4v) is 2.92. The number of hydrogen-bond acceptors (Lipinski definition) is 5. The van der Waals surface area contributed by atoms with Gasteiger partial charge >= 0.3 is 0 Å². The molecule has 1 aromatic carbocycles. The van der Waals surface area contributed by atoms with Gasteiger partial charge in [-0.25, -0.2) is 13.1 Å². The Balaban J connectivity index is 2.56. The molecule has 20 heavy (non-hydrogen) atoms. The molecule has 0 unspecified atom stereocenters. The lowest BCUT2D eigenvalue weighted by Gasteiger charge is -2.11. The van der Waals surface area contributed by atoms with Crippen LogP contribution in [-0.2, 0) is 26.0 Å². The van der Waals surface area contributed by atoms with Gasteiger partial charge in [0.15, 0.2) is 0 Å². The predicted molar refractivity (Wildman–Crippen MR) is 77.1 cm³/mol. The first kappa shape index (κ1) is 17.1. The number of rotatable bonds is 10. The molecule has 0 fully saturated rings. The van der Waals surface area contributed by atoms with E-state index in [4.69, 9.17) is 9.47 Å². The summed E-state index contributed by atoms with van der Waals surface area (Å²) in [5.41, 5.74) is 0.739. The minimum Gasteiger partial charge on any atom is -0.382 e. The highest BCUT2D eigenvalue weighted by Crippen LogP contribution is 2.14. The van der Waals surface area contributed by atoms with Crippen molar-refractivity contribution in [1.29, 1.82) is 0 Å². The highest BCUT2D eigenvalue weighted by molar-refractivity contribution is 7.89. The Morgan fingerprint density at radius 3 is 2.60 bits per heavy atom. The first-order chi connectivity index (χ1) is 9.61. The second kappa shape index (κ2) is 9.04. The van der Waals surface area contributed by atoms with Crippen molar-refractivity contribution in [3.05, 3.63) is 29.8 Å². The van der Waals surface area contributed by atoms with E-state index >= 15 is 0 Å². The topological polar surface area (TPSA) is 76.7 Å². The molecule has 0 heterocycles. The molecule has 0 saturated carbocycles. The summed E-state index contributed by atoms with van der Waals surface area (Å²) < 4.78 is 37.0. The second-order valence-electron chi connectivity index (χ2n) is 4.14. The van der Waals surface area contributed by atoms with Crippen molar-refractivity contribution in [2.24, 2.45) is 0 Å². The highest BCUT2D eigenvalue weighted by atomic mass is 32.2. The molecule has 1 rings (SSSR count). The third-order valence-electron chi connectivity index (χ3n) is 2.60. The summed E-state index contributed by atoms with van der Waals surface area (Å²) in [6, 6.07) is 6.92. The average Bonchev–Trinajstić information content (AvgIpc) is 2.43. The van der Waals surface area contributed by atoms with Crippen LogP contribution in [0.3, 0.4) is 0 Å². The van der Waals surface area contributed by atoms with E-state index in [1.54, 1.807) is 32.4 Å². The summed E-state index contributed by atoms with van der Waals surface area (Å²) in [7, 11) is -0.141. The maximum atomic E-state index is 12.2. The minimum atomic E-state index is -3.51. The van der Waals surface area contributed by atoms with Crippen molar-refractivity contribution < 1.29 is 17.9 Å². The fourth-order valence-electron chi connectivity index (χ4n) is 1.67. The van der Waals surface area contributed by atoms with E-state index in [1.165, 1.54) is 0 Å². The Bertz CT molecular complexity index is 491. The molecule has 6 nitrogen and oxygen atoms in total. The monoisotopic (exact) mass is 302 g/mol. The number of sulfonamides is 1. The van der Waals surface area contributed by atoms with E-state index in [0.29, 0.717) is 31.3 Å². The molecule has 0 aliphatic carbocycles. The van der Waals surface area contributed by atoms with Crippen molar-refractivity contribution in [2.75, 3.05) is 40.5 Å². The molecule has 1 aromatic rings. The van der Waals surface area contributed by atoms with Crippen molar-refractivity contribution in [1.82, 2.24) is 10.0 Å². The summed E-state index contributed by atoms with van der Waals surface area (Å²) >= 11 is 0. The van der Waals surface area contributed by atoms with E-state index in [0.717, 1.165) is 5.56 Å². The van der Waals surface area contributed by atoms with Gasteiger partial charge in [0.1, 0.15) is 0 Å². The quantitative estimate of drug-likeness (QED) is 0.610. The van der Waals surface area contributed by atoms with Gasteiger partial charge in [0, 0.05) is 20.2 Å². The Morgan fingerprint density at radius 1 is 1.15 bits per heavy atom. The van der Waals surface area contributed by atoms with Gasteiger partial charge in [0.2, 0.25) is 10.0 Å². The minimum absolute atomic E-state index is 0.236. The number of methoxy groups -OCH3 is 1. The van der Waals surface area contributed by atoms with Crippen molar-refractivity contribution in [3.63, 3.8) is 0 Å². The number of ether oxygens (including phenoxy) is 2. The van der Waals surface area contributed by atoms with Crippen LogP contribution in [0.4, 0.5) is 0 Å². The van der Waals surface area contributed by atoms with Gasteiger partial charge in [-0.2, -0.15) is 0 Å². The van der Waals surface area contributed by atoms with E-state index < -0.39 is 10.0 Å². The van der Waals surface area contributed by atoms with Gasteiger partial charge < -0.3 is 14.8 Å². The van der Waals surface area contributed by atoms with Gasteiger partial charge in [-0.15, -0.1) is 0 Å². The molecule has 2 N–H and O–H groups in total. The van der Waals surface area contributed by atoms with Crippen molar-refractivity contribution >= 4 is 10.0 Å². The summed E-state index contributed by atoms with van der Waals surface area (Å²) in [6.45, 7) is 2.00. The van der Waals surface area contributed by atoms with Gasteiger partial charge in [-0.3, -0.25) is 0 Å². The van der Waals surface area contributed by atoms with E-state index in [9.17, 15) is 8.42 Å². The molecule has 0 aromatic heterocycles. The van der Waals surface area contributed by atoms with Gasteiger partial charge in [0.25, 0.3) is 0 Å². The maximum absolute atomic E-state index is 12.2. The molecule has 114 valence electrons. The van der Waals surface area contributed by atoms with Crippen LogP contribution in [0.1, 0.15) is 5.56 Å². The van der Waals surface area contributed by atoms with Crippen molar-refractivity contribution in [2.45, 2.75) is 11.4 Å². The molecule has 0 aliphatic rings. The lowest BCUT2D eigenvalue weighted by Crippen LogP contribution is -2.29. The zero-order valence-electron chi connectivity index (χ0n) is 11.9. The maximum Gasteiger partial charge on any atom is 0.240 e. The van der Waals surface area contributed by atoms with Crippen LogP contribution in [0.25, 0.3) is 0 Å². The molecule has 0 atom stereocenters. The van der Waals surface area contributed by atoms with Crippen LogP contribution in [0.2, 0.25) is 0 Å². The van der Waals surface area contributed by atoms with Crippen LogP contribution < -0.4 is 10.0 Å². The molecule has 0 bridgehead atoms. The zero-order valence-corrected chi connectivity index (χ0v) is 12.7. The first-order valence-corrected chi connectivity index (χ1v) is 7.89. The third-order valence-corrected chi connectivity index (χ3v) is 4.16. The Hall–Kier alpha value is -0.990. The second-order valence-corrected chi connectivity index (χ2v) is 5.88. The smallest absolute Gasteiger partial charge is 0.240 e. The summed E-state index contributed by atoms with van der Waals surface area (Å²) in [5, 5.41) is 2.96. The Kier molecular flexibility index (Phi) is 7.71. The lowest BCUT2D eigenvalue weighted by molar-refractivity contribution is 0.0736. The number of hydrogen-bond donors (Lipinski definition) is 2. The summed E-state index contributed by atoms with van der Waals surface area (Å²) in [5.74, 6) is 0. The molecule has 0 amide bonds. The summed E-state index contributed by atoms with van der Waals surface area (Å²) in [4.78, 5) is 0.297. The number of benzene rings is 1. The first-order valence-electron chi connectivity index (χ1n) is 6.40. The predicted octanol–water partition coefficient (Wildman–Crippen LogP) is 0.347. The Labute approximate surface area is 120 Å². The fraction of sp³-hybridized carbons (Fsp3) is 0.538. The normalized spacial score (nSPS) is 11.7.